The Balaban J connectivity index is 0. The number of nitrogens with two attached hydrogens (primary N) is 1. The predicted octanol–water partition coefficient (Wildman–Crippen LogP) is 0.190. The average Bonchev–Trinajstić information content (AvgIpc) is 2.40. The van der Waals surface area contributed by atoms with Crippen LogP contribution in [-0.2, 0) is 9.59 Å². The Kier molecular flexibility index (Phi) is 12.0. The molecule has 0 aromatic carbocycles. The second-order valence-electron chi connectivity index (χ2n) is 4.96. The van der Waals surface area contributed by atoms with E-state index in [1.54, 1.807) is 11.8 Å². The Labute approximate surface area is 139 Å². The van der Waals surface area contributed by atoms with E-state index >= 15 is 0 Å². The second-order valence-corrected chi connectivity index (χ2v) is 4.96. The number of piperazine rings is 1. The fourth-order valence-corrected chi connectivity index (χ4v) is 2.28. The summed E-state index contributed by atoms with van der Waals surface area (Å²) in [7, 11) is 0. The van der Waals surface area contributed by atoms with Crippen molar-refractivity contribution in [3.63, 3.8) is 0 Å². The minimum Gasteiger partial charge on any atom is -0.342 e. The Morgan fingerprint density at radius 1 is 1.10 bits per heavy atom. The van der Waals surface area contributed by atoms with Crippen molar-refractivity contribution in [2.24, 2.45) is 5.73 Å². The molecule has 1 aliphatic rings. The van der Waals surface area contributed by atoms with Gasteiger partial charge in [-0.25, -0.2) is 0 Å². The normalized spacial score (nSPS) is 16.5. The van der Waals surface area contributed by atoms with Crippen LogP contribution in [0.3, 0.4) is 0 Å². The van der Waals surface area contributed by atoms with Crippen LogP contribution >= 0.6 is 24.8 Å². The molecule has 0 aromatic heterocycles. The van der Waals surface area contributed by atoms with E-state index in [9.17, 15) is 9.59 Å². The van der Waals surface area contributed by atoms with Gasteiger partial charge in [-0.05, 0) is 20.8 Å². The van der Waals surface area contributed by atoms with Crippen LogP contribution in [0.5, 0.6) is 0 Å². The van der Waals surface area contributed by atoms with E-state index in [1.165, 1.54) is 0 Å². The van der Waals surface area contributed by atoms with Gasteiger partial charge in [0.15, 0.2) is 0 Å². The van der Waals surface area contributed by atoms with Crippen molar-refractivity contribution in [3.8, 4) is 0 Å². The van der Waals surface area contributed by atoms with Gasteiger partial charge < -0.3 is 15.5 Å². The van der Waals surface area contributed by atoms with Crippen LogP contribution in [0.15, 0.2) is 0 Å². The first-order chi connectivity index (χ1) is 8.99. The molecule has 0 spiro atoms. The van der Waals surface area contributed by atoms with Crippen LogP contribution < -0.4 is 5.73 Å². The van der Waals surface area contributed by atoms with Gasteiger partial charge in [0.1, 0.15) is 0 Å². The molecular weight excluding hydrogens is 315 g/mol. The maximum Gasteiger partial charge on any atom is 0.239 e. The highest BCUT2D eigenvalue weighted by molar-refractivity contribution is 5.85. The number of nitrogens with zero attached hydrogens (tertiary/aromatic N) is 3. The van der Waals surface area contributed by atoms with E-state index in [1.807, 2.05) is 18.7 Å². The minimum absolute atomic E-state index is 0. The fraction of sp³-hybridized carbons (Fsp3) is 0.846. The van der Waals surface area contributed by atoms with Crippen molar-refractivity contribution in [2.45, 2.75) is 26.8 Å². The number of carbonyl (C=O) groups is 2. The van der Waals surface area contributed by atoms with E-state index in [2.05, 4.69) is 4.90 Å². The first-order valence-electron chi connectivity index (χ1n) is 7.04. The van der Waals surface area contributed by atoms with Gasteiger partial charge in [-0.2, -0.15) is 0 Å². The van der Waals surface area contributed by atoms with Crippen LogP contribution in [0.1, 0.15) is 20.8 Å². The SMILES string of the molecule is CCN(CC)C(=O)CN1CCN(C(=O)[C@H](C)N)CC1.Cl.Cl. The molecular formula is C13H28Cl2N4O2. The van der Waals surface area contributed by atoms with Crippen molar-refractivity contribution >= 4 is 36.6 Å². The lowest BCUT2D eigenvalue weighted by molar-refractivity contribution is -0.135. The summed E-state index contributed by atoms with van der Waals surface area (Å²) < 4.78 is 0. The lowest BCUT2D eigenvalue weighted by Crippen LogP contribution is -2.54. The molecule has 21 heavy (non-hydrogen) atoms. The fourth-order valence-electron chi connectivity index (χ4n) is 2.28. The highest BCUT2D eigenvalue weighted by Crippen LogP contribution is 2.04. The summed E-state index contributed by atoms with van der Waals surface area (Å²) >= 11 is 0. The third kappa shape index (κ3) is 6.82. The molecule has 0 aromatic rings. The Morgan fingerprint density at radius 2 is 1.57 bits per heavy atom. The Bertz CT molecular complexity index is 317. The van der Waals surface area contributed by atoms with Gasteiger partial charge in [-0.15, -0.1) is 24.8 Å². The third-order valence-corrected chi connectivity index (χ3v) is 3.55. The Morgan fingerprint density at radius 3 is 1.95 bits per heavy atom. The van der Waals surface area contributed by atoms with Crippen molar-refractivity contribution in [2.75, 3.05) is 45.8 Å². The van der Waals surface area contributed by atoms with E-state index < -0.39 is 6.04 Å². The number of hydrogen-bond acceptors (Lipinski definition) is 4. The molecule has 1 heterocycles. The van der Waals surface area contributed by atoms with Crippen molar-refractivity contribution in [3.05, 3.63) is 0 Å². The molecule has 1 saturated heterocycles. The molecule has 0 unspecified atom stereocenters. The zero-order chi connectivity index (χ0) is 14.4. The molecule has 126 valence electrons. The average molecular weight is 343 g/mol. The topological polar surface area (TPSA) is 69.9 Å². The van der Waals surface area contributed by atoms with Crippen LogP contribution in [0.2, 0.25) is 0 Å². The summed E-state index contributed by atoms with van der Waals surface area (Å²) in [4.78, 5) is 29.4. The number of amides is 2. The van der Waals surface area contributed by atoms with Crippen molar-refractivity contribution in [1.29, 1.82) is 0 Å². The van der Waals surface area contributed by atoms with Crippen LogP contribution in [-0.4, -0.2) is 78.4 Å². The van der Waals surface area contributed by atoms with Crippen molar-refractivity contribution < 1.29 is 9.59 Å². The lowest BCUT2D eigenvalue weighted by Gasteiger charge is -2.35. The number of halogens is 2. The molecule has 1 rings (SSSR count). The summed E-state index contributed by atoms with van der Waals surface area (Å²) in [5.74, 6) is 0.159. The highest BCUT2D eigenvalue weighted by atomic mass is 35.5. The molecule has 0 radical (unpaired) electrons. The smallest absolute Gasteiger partial charge is 0.239 e. The van der Waals surface area contributed by atoms with Crippen LogP contribution in [0, 0.1) is 0 Å². The lowest BCUT2D eigenvalue weighted by atomic mass is 10.2. The summed E-state index contributed by atoms with van der Waals surface area (Å²) in [6.45, 7) is 10.4. The zero-order valence-corrected chi connectivity index (χ0v) is 14.7. The Hall–Kier alpha value is -0.560. The highest BCUT2D eigenvalue weighted by Gasteiger charge is 2.24. The summed E-state index contributed by atoms with van der Waals surface area (Å²) in [5.41, 5.74) is 5.59. The van der Waals surface area contributed by atoms with Gasteiger partial charge >= 0.3 is 0 Å². The molecule has 1 atom stereocenters. The van der Waals surface area contributed by atoms with Gasteiger partial charge in [0.25, 0.3) is 0 Å². The van der Waals surface area contributed by atoms with E-state index in [4.69, 9.17) is 5.73 Å². The number of likely N-dealkylation sites (N-methyl/N-ethyl adjacent to an activating group) is 1. The largest absolute Gasteiger partial charge is 0.342 e. The zero-order valence-electron chi connectivity index (χ0n) is 13.1. The maximum absolute atomic E-state index is 12.0. The van der Waals surface area contributed by atoms with E-state index in [0.717, 1.165) is 26.2 Å². The predicted molar refractivity (Wildman–Crippen MR) is 89.1 cm³/mol. The molecule has 1 aliphatic heterocycles. The number of rotatable bonds is 5. The summed E-state index contributed by atoms with van der Waals surface area (Å²) in [6.07, 6.45) is 0. The molecule has 0 bridgehead atoms. The van der Waals surface area contributed by atoms with Crippen molar-refractivity contribution in [1.82, 2.24) is 14.7 Å². The quantitative estimate of drug-likeness (QED) is 0.774. The van der Waals surface area contributed by atoms with Crippen LogP contribution in [0.4, 0.5) is 0 Å². The summed E-state index contributed by atoms with van der Waals surface area (Å²) in [6, 6.07) is -0.441. The third-order valence-electron chi connectivity index (χ3n) is 3.55. The molecule has 2 amide bonds. The van der Waals surface area contributed by atoms with Crippen LogP contribution in [0.25, 0.3) is 0 Å². The first-order valence-corrected chi connectivity index (χ1v) is 7.04. The maximum atomic E-state index is 12.0. The number of carbonyl (C=O) groups excluding carboxylic acids is 2. The van der Waals surface area contributed by atoms with Gasteiger partial charge in [-0.1, -0.05) is 0 Å². The minimum atomic E-state index is -0.441. The second kappa shape index (κ2) is 11.1. The molecule has 0 aliphatic carbocycles. The van der Waals surface area contributed by atoms with E-state index in [0.29, 0.717) is 19.6 Å². The van der Waals surface area contributed by atoms with Gasteiger partial charge in [-0.3, -0.25) is 14.5 Å². The standard InChI is InChI=1S/C13H26N4O2.2ClH/c1-4-16(5-2)12(18)10-15-6-8-17(9-7-15)13(19)11(3)14;;/h11H,4-10,14H2,1-3H3;2*1H/t11-;;/m0../s1. The van der Waals surface area contributed by atoms with E-state index in [-0.39, 0.29) is 36.6 Å². The molecule has 2 N–H and O–H groups in total. The number of hydrogen-bond donors (Lipinski definition) is 1. The molecule has 6 nitrogen and oxygen atoms in total. The molecule has 8 heteroatoms. The van der Waals surface area contributed by atoms with Gasteiger partial charge in [0.2, 0.25) is 11.8 Å². The first kappa shape index (κ1) is 22.7. The molecule has 0 saturated carbocycles. The van der Waals surface area contributed by atoms with Gasteiger partial charge in [0.05, 0.1) is 12.6 Å². The monoisotopic (exact) mass is 342 g/mol. The van der Waals surface area contributed by atoms with Gasteiger partial charge in [0, 0.05) is 39.3 Å². The molecule has 1 fully saturated rings. The summed E-state index contributed by atoms with van der Waals surface area (Å²) in [5, 5.41) is 0.